The molecule has 1 aliphatic rings. The van der Waals surface area contributed by atoms with Crippen molar-refractivity contribution in [2.45, 2.75) is 63.9 Å². The Bertz CT molecular complexity index is 357. The topological polar surface area (TPSA) is 61.6 Å². The molecule has 0 saturated carbocycles. The van der Waals surface area contributed by atoms with Gasteiger partial charge in [-0.15, -0.1) is 0 Å². The van der Waals surface area contributed by atoms with Gasteiger partial charge in [-0.05, 0) is 12.8 Å². The minimum absolute atomic E-state index is 1.02. The zero-order valence-electron chi connectivity index (χ0n) is 12.0. The molecule has 0 spiro atoms. The summed E-state index contributed by atoms with van der Waals surface area (Å²) in [4.78, 5) is 1.90. The first-order chi connectivity index (χ1) is 9.13. The Hall–Kier alpha value is -0.340. The number of hydrogen-bond donors (Lipinski definition) is 1. The van der Waals surface area contributed by atoms with E-state index in [0.717, 1.165) is 6.04 Å². The van der Waals surface area contributed by atoms with E-state index in [9.17, 15) is 13.2 Å². The number of nitrogens with one attached hydrogen (secondary N) is 1. The molecule has 0 aliphatic carbocycles. The van der Waals surface area contributed by atoms with Gasteiger partial charge < -0.3 is 9.45 Å². The summed E-state index contributed by atoms with van der Waals surface area (Å²) in [6.45, 7) is 7.49. The molecule has 0 radical (unpaired) electrons. The van der Waals surface area contributed by atoms with Crippen molar-refractivity contribution >= 4 is 10.1 Å². The summed E-state index contributed by atoms with van der Waals surface area (Å²) in [7, 11) is -6.09. The highest BCUT2D eigenvalue weighted by Gasteiger charge is 2.36. The van der Waals surface area contributed by atoms with Gasteiger partial charge in [-0.1, -0.05) is 26.7 Å². The number of likely N-dealkylation sites (tertiary alicyclic amines) is 1. The van der Waals surface area contributed by atoms with E-state index in [0.29, 0.717) is 0 Å². The van der Waals surface area contributed by atoms with Crippen LogP contribution >= 0.6 is 0 Å². The van der Waals surface area contributed by atoms with Crippen molar-refractivity contribution in [1.82, 2.24) is 0 Å². The maximum Gasteiger partial charge on any atom is 0.485 e. The van der Waals surface area contributed by atoms with Crippen LogP contribution in [0.1, 0.15) is 52.4 Å². The fourth-order valence-corrected chi connectivity index (χ4v) is 2.41. The third-order valence-corrected chi connectivity index (χ3v) is 3.97. The van der Waals surface area contributed by atoms with Gasteiger partial charge in [0, 0.05) is 12.8 Å². The molecular formula is C12H24F3NO3S. The molecule has 2 unspecified atom stereocenters. The molecule has 0 amide bonds. The number of quaternary nitrogens is 1. The van der Waals surface area contributed by atoms with Crippen LogP contribution in [0.15, 0.2) is 0 Å². The van der Waals surface area contributed by atoms with Gasteiger partial charge in [-0.3, -0.25) is 0 Å². The molecule has 122 valence electrons. The van der Waals surface area contributed by atoms with E-state index >= 15 is 0 Å². The van der Waals surface area contributed by atoms with Crippen LogP contribution in [-0.2, 0) is 10.1 Å². The largest absolute Gasteiger partial charge is 0.741 e. The normalized spacial score (nSPS) is 23.3. The van der Waals surface area contributed by atoms with Gasteiger partial charge >= 0.3 is 5.51 Å². The smallest absolute Gasteiger partial charge is 0.485 e. The average Bonchev–Trinajstić information content (AvgIpc) is 2.72. The van der Waals surface area contributed by atoms with Crippen molar-refractivity contribution in [2.24, 2.45) is 0 Å². The summed E-state index contributed by atoms with van der Waals surface area (Å²) in [5, 5.41) is 0. The van der Waals surface area contributed by atoms with E-state index in [-0.39, 0.29) is 0 Å². The number of halogens is 3. The van der Waals surface area contributed by atoms with E-state index < -0.39 is 15.6 Å². The minimum Gasteiger partial charge on any atom is -0.741 e. The summed E-state index contributed by atoms with van der Waals surface area (Å²) in [5.41, 5.74) is -5.65. The van der Waals surface area contributed by atoms with Crippen molar-refractivity contribution < 1.29 is 31.0 Å². The molecule has 2 atom stereocenters. The van der Waals surface area contributed by atoms with Crippen LogP contribution in [0.4, 0.5) is 13.2 Å². The van der Waals surface area contributed by atoms with Gasteiger partial charge in [0.25, 0.3) is 0 Å². The Morgan fingerprint density at radius 2 is 1.80 bits per heavy atom. The third-order valence-electron chi connectivity index (χ3n) is 3.40. The Labute approximate surface area is 119 Å². The predicted molar refractivity (Wildman–Crippen MR) is 69.3 cm³/mol. The summed E-state index contributed by atoms with van der Waals surface area (Å²) < 4.78 is 58.9. The molecule has 0 aromatic carbocycles. The Morgan fingerprint density at radius 1 is 1.25 bits per heavy atom. The Kier molecular flexibility index (Phi) is 8.69. The summed E-state index contributed by atoms with van der Waals surface area (Å²) in [6, 6.07) is 1.02. The second-order valence-corrected chi connectivity index (χ2v) is 6.41. The van der Waals surface area contributed by atoms with Crippen molar-refractivity contribution in [2.75, 3.05) is 13.1 Å². The van der Waals surface area contributed by atoms with E-state index in [1.807, 2.05) is 4.90 Å². The third kappa shape index (κ3) is 7.44. The SMILES string of the molecule is CCCC[NH+]1CCCC1CCC.O=S(=O)([O-])C(F)(F)F. The van der Waals surface area contributed by atoms with Gasteiger partial charge in [0.2, 0.25) is 0 Å². The van der Waals surface area contributed by atoms with Crippen LogP contribution < -0.4 is 4.90 Å². The standard InChI is InChI=1S/C11H23N.CHF3O3S/c1-3-5-9-12-10-6-8-11(12)7-4-2;2-1(3,4)8(5,6)7/h11H,3-10H2,1-2H3;(H,5,6,7). The first-order valence-corrected chi connectivity index (χ1v) is 8.41. The molecule has 0 bridgehead atoms. The maximum atomic E-state index is 10.7. The monoisotopic (exact) mass is 319 g/mol. The molecule has 1 aliphatic heterocycles. The van der Waals surface area contributed by atoms with Crippen LogP contribution in [-0.4, -0.2) is 37.6 Å². The van der Waals surface area contributed by atoms with Gasteiger partial charge in [-0.2, -0.15) is 13.2 Å². The molecule has 20 heavy (non-hydrogen) atoms. The van der Waals surface area contributed by atoms with E-state index in [1.54, 1.807) is 0 Å². The number of hydrogen-bond acceptors (Lipinski definition) is 3. The van der Waals surface area contributed by atoms with E-state index in [4.69, 9.17) is 13.0 Å². The highest BCUT2D eigenvalue weighted by molar-refractivity contribution is 7.86. The summed E-state index contributed by atoms with van der Waals surface area (Å²) in [6.07, 6.45) is 8.59. The quantitative estimate of drug-likeness (QED) is 0.619. The second kappa shape index (κ2) is 8.84. The van der Waals surface area contributed by atoms with E-state index in [2.05, 4.69) is 13.8 Å². The molecule has 4 nitrogen and oxygen atoms in total. The number of rotatable bonds is 5. The zero-order valence-corrected chi connectivity index (χ0v) is 12.8. The lowest BCUT2D eigenvalue weighted by molar-refractivity contribution is -0.912. The first kappa shape index (κ1) is 19.7. The van der Waals surface area contributed by atoms with Crippen LogP contribution in [0.25, 0.3) is 0 Å². The van der Waals surface area contributed by atoms with Crippen LogP contribution in [0, 0.1) is 0 Å². The second-order valence-electron chi connectivity index (χ2n) is 5.04. The molecule has 0 aromatic heterocycles. The van der Waals surface area contributed by atoms with Crippen molar-refractivity contribution in [1.29, 1.82) is 0 Å². The summed E-state index contributed by atoms with van der Waals surface area (Å²) >= 11 is 0. The van der Waals surface area contributed by atoms with Gasteiger partial charge in [0.15, 0.2) is 10.1 Å². The molecule has 1 fully saturated rings. The lowest BCUT2D eigenvalue weighted by atomic mass is 10.1. The summed E-state index contributed by atoms with van der Waals surface area (Å²) in [5.74, 6) is 0. The lowest BCUT2D eigenvalue weighted by Gasteiger charge is -2.20. The zero-order chi connectivity index (χ0) is 15.8. The van der Waals surface area contributed by atoms with Crippen LogP contribution in [0.5, 0.6) is 0 Å². The maximum absolute atomic E-state index is 10.7. The molecule has 1 saturated heterocycles. The minimum atomic E-state index is -6.09. The van der Waals surface area contributed by atoms with Crippen molar-refractivity contribution in [3.63, 3.8) is 0 Å². The first-order valence-electron chi connectivity index (χ1n) is 7.00. The molecule has 1 N–H and O–H groups in total. The molecular weight excluding hydrogens is 295 g/mol. The lowest BCUT2D eigenvalue weighted by Crippen LogP contribution is -3.13. The molecule has 1 heterocycles. The van der Waals surface area contributed by atoms with E-state index in [1.165, 1.54) is 51.6 Å². The predicted octanol–water partition coefficient (Wildman–Crippen LogP) is 1.69. The Morgan fingerprint density at radius 3 is 2.20 bits per heavy atom. The molecule has 1 rings (SSSR count). The van der Waals surface area contributed by atoms with Crippen molar-refractivity contribution in [3.8, 4) is 0 Å². The van der Waals surface area contributed by atoms with Crippen LogP contribution in [0.2, 0.25) is 0 Å². The molecule has 8 heteroatoms. The Balaban J connectivity index is 0.000000396. The fourth-order valence-electron chi connectivity index (χ4n) is 2.41. The average molecular weight is 319 g/mol. The van der Waals surface area contributed by atoms with Crippen LogP contribution in [0.3, 0.4) is 0 Å². The van der Waals surface area contributed by atoms with Gasteiger partial charge in [0.05, 0.1) is 19.1 Å². The van der Waals surface area contributed by atoms with Gasteiger partial charge in [-0.25, -0.2) is 8.42 Å². The molecule has 0 aromatic rings. The highest BCUT2D eigenvalue weighted by atomic mass is 32.2. The number of alkyl halides is 3. The van der Waals surface area contributed by atoms with Crippen molar-refractivity contribution in [3.05, 3.63) is 0 Å². The fraction of sp³-hybridized carbons (Fsp3) is 1.00. The van der Waals surface area contributed by atoms with Gasteiger partial charge in [0.1, 0.15) is 0 Å². The highest BCUT2D eigenvalue weighted by Crippen LogP contribution is 2.20. The number of unbranched alkanes of at least 4 members (excludes halogenated alkanes) is 1.